The molecule has 0 unspecified atom stereocenters. The van der Waals surface area contributed by atoms with Gasteiger partial charge in [0.15, 0.2) is 5.82 Å². The molecule has 0 saturated carbocycles. The molecule has 0 amide bonds. The molecule has 2 rings (SSSR count). The van der Waals surface area contributed by atoms with E-state index < -0.39 is 0 Å². The number of nitrogens with zero attached hydrogens (tertiary/aromatic N) is 3. The molecule has 0 spiro atoms. The molecule has 0 radical (unpaired) electrons. The Morgan fingerprint density at radius 1 is 1.41 bits per heavy atom. The first kappa shape index (κ1) is 12.1. The van der Waals surface area contributed by atoms with Crippen LogP contribution in [0.3, 0.4) is 0 Å². The van der Waals surface area contributed by atoms with Crippen LogP contribution >= 0.6 is 34.2 Å². The van der Waals surface area contributed by atoms with E-state index in [9.17, 15) is 0 Å². The Bertz CT molecular complexity index is 594. The molecule has 4 nitrogen and oxygen atoms in total. The van der Waals surface area contributed by atoms with Crippen LogP contribution in [0.5, 0.6) is 0 Å². The van der Waals surface area contributed by atoms with Crippen molar-refractivity contribution in [1.82, 2.24) is 9.97 Å². The van der Waals surface area contributed by atoms with Crippen LogP contribution in [0, 0.1) is 14.9 Å². The van der Waals surface area contributed by atoms with Gasteiger partial charge >= 0.3 is 0 Å². The molecular formula is C11H6ClIN4. The van der Waals surface area contributed by atoms with E-state index in [1.807, 2.05) is 18.2 Å². The highest BCUT2D eigenvalue weighted by Crippen LogP contribution is 2.25. The van der Waals surface area contributed by atoms with E-state index in [-0.39, 0.29) is 0 Å². The lowest BCUT2D eigenvalue weighted by atomic mass is 10.3. The summed E-state index contributed by atoms with van der Waals surface area (Å²) in [5.74, 6) is 0.489. The monoisotopic (exact) mass is 356 g/mol. The Balaban J connectivity index is 2.35. The molecular weight excluding hydrogens is 351 g/mol. The summed E-state index contributed by atoms with van der Waals surface area (Å²) < 4.78 is 0.956. The zero-order chi connectivity index (χ0) is 12.3. The van der Waals surface area contributed by atoms with Gasteiger partial charge in [-0.3, -0.25) is 0 Å². The zero-order valence-electron chi connectivity index (χ0n) is 8.48. The van der Waals surface area contributed by atoms with Gasteiger partial charge in [0.2, 0.25) is 0 Å². The molecule has 1 heterocycles. The Morgan fingerprint density at radius 3 is 2.94 bits per heavy atom. The lowest BCUT2D eigenvalue weighted by Crippen LogP contribution is -1.99. The molecule has 84 valence electrons. The molecule has 0 aliphatic heterocycles. The number of nitriles is 1. The van der Waals surface area contributed by atoms with Crippen LogP contribution < -0.4 is 5.32 Å². The molecule has 2 aromatic rings. The molecule has 6 heteroatoms. The van der Waals surface area contributed by atoms with E-state index in [0.29, 0.717) is 16.4 Å². The van der Waals surface area contributed by atoms with Crippen LogP contribution in [-0.2, 0) is 0 Å². The van der Waals surface area contributed by atoms with Crippen molar-refractivity contribution in [2.24, 2.45) is 0 Å². The minimum absolute atomic E-state index is 0.401. The van der Waals surface area contributed by atoms with Crippen LogP contribution in [0.2, 0.25) is 5.02 Å². The number of hydrogen-bond donors (Lipinski definition) is 1. The standard InChI is InChI=1S/C11H6ClIN4/c12-8-1-2-10(9(13)3-8)17-11-7(4-14)5-15-6-16-11/h1-3,5-6H,(H,15,16,17). The zero-order valence-corrected chi connectivity index (χ0v) is 11.4. The Morgan fingerprint density at radius 2 is 2.24 bits per heavy atom. The maximum absolute atomic E-state index is 8.92. The fourth-order valence-electron chi connectivity index (χ4n) is 1.23. The van der Waals surface area contributed by atoms with Crippen molar-refractivity contribution in [1.29, 1.82) is 5.26 Å². The highest BCUT2D eigenvalue weighted by atomic mass is 127. The van der Waals surface area contributed by atoms with Gasteiger partial charge in [-0.1, -0.05) is 11.6 Å². The third-order valence-electron chi connectivity index (χ3n) is 2.02. The minimum atomic E-state index is 0.401. The van der Waals surface area contributed by atoms with Crippen LogP contribution in [0.15, 0.2) is 30.7 Å². The fourth-order valence-corrected chi connectivity index (χ4v) is 2.24. The number of rotatable bonds is 2. The van der Waals surface area contributed by atoms with Gasteiger partial charge in [-0.05, 0) is 40.8 Å². The molecule has 0 aliphatic carbocycles. The van der Waals surface area contributed by atoms with Crippen molar-refractivity contribution in [3.05, 3.63) is 44.9 Å². The molecule has 17 heavy (non-hydrogen) atoms. The second kappa shape index (κ2) is 5.29. The maximum Gasteiger partial charge on any atom is 0.151 e. The van der Waals surface area contributed by atoms with Crippen molar-refractivity contribution in [2.45, 2.75) is 0 Å². The molecule has 0 fully saturated rings. The third-order valence-corrected chi connectivity index (χ3v) is 3.14. The Labute approximate surface area is 117 Å². The first-order valence-corrected chi connectivity index (χ1v) is 6.08. The van der Waals surface area contributed by atoms with E-state index in [4.69, 9.17) is 16.9 Å². The molecule has 1 aromatic heterocycles. The second-order valence-electron chi connectivity index (χ2n) is 3.15. The van der Waals surface area contributed by atoms with Crippen molar-refractivity contribution >= 4 is 45.7 Å². The lowest BCUT2D eigenvalue weighted by Gasteiger charge is -2.08. The van der Waals surface area contributed by atoms with Gasteiger partial charge in [0, 0.05) is 8.59 Å². The fraction of sp³-hybridized carbons (Fsp3) is 0. The van der Waals surface area contributed by atoms with E-state index in [1.165, 1.54) is 12.5 Å². The van der Waals surface area contributed by atoms with Crippen molar-refractivity contribution in [3.8, 4) is 6.07 Å². The average Bonchev–Trinajstić information content (AvgIpc) is 2.33. The summed E-state index contributed by atoms with van der Waals surface area (Å²) in [4.78, 5) is 7.83. The summed E-state index contributed by atoms with van der Waals surface area (Å²) in [5, 5.41) is 12.7. The van der Waals surface area contributed by atoms with Gasteiger partial charge in [-0.2, -0.15) is 5.26 Å². The van der Waals surface area contributed by atoms with E-state index in [1.54, 1.807) is 6.07 Å². The summed E-state index contributed by atoms with van der Waals surface area (Å²) in [5.41, 5.74) is 1.25. The first-order chi connectivity index (χ1) is 8.20. The van der Waals surface area contributed by atoms with E-state index in [2.05, 4.69) is 37.9 Å². The number of aromatic nitrogens is 2. The largest absolute Gasteiger partial charge is 0.338 e. The van der Waals surface area contributed by atoms with E-state index in [0.717, 1.165) is 9.26 Å². The Kier molecular flexibility index (Phi) is 3.76. The van der Waals surface area contributed by atoms with Crippen molar-refractivity contribution in [3.63, 3.8) is 0 Å². The molecule has 0 atom stereocenters. The topological polar surface area (TPSA) is 61.6 Å². The highest BCUT2D eigenvalue weighted by Gasteiger charge is 2.06. The van der Waals surface area contributed by atoms with Gasteiger partial charge in [0.1, 0.15) is 18.0 Å². The van der Waals surface area contributed by atoms with Gasteiger partial charge in [0.25, 0.3) is 0 Å². The average molecular weight is 357 g/mol. The SMILES string of the molecule is N#Cc1cncnc1Nc1ccc(Cl)cc1I. The predicted molar refractivity (Wildman–Crippen MR) is 74.2 cm³/mol. The predicted octanol–water partition coefficient (Wildman–Crippen LogP) is 3.35. The van der Waals surface area contributed by atoms with Gasteiger partial charge in [-0.25, -0.2) is 9.97 Å². The highest BCUT2D eigenvalue weighted by molar-refractivity contribution is 14.1. The van der Waals surface area contributed by atoms with E-state index >= 15 is 0 Å². The van der Waals surface area contributed by atoms with Gasteiger partial charge < -0.3 is 5.32 Å². The minimum Gasteiger partial charge on any atom is -0.338 e. The number of halogens is 2. The summed E-state index contributed by atoms with van der Waals surface area (Å²) in [6.07, 6.45) is 2.87. The van der Waals surface area contributed by atoms with Crippen LogP contribution in [-0.4, -0.2) is 9.97 Å². The molecule has 1 N–H and O–H groups in total. The van der Waals surface area contributed by atoms with Crippen LogP contribution in [0.25, 0.3) is 0 Å². The molecule has 0 bridgehead atoms. The number of benzene rings is 1. The second-order valence-corrected chi connectivity index (χ2v) is 4.74. The van der Waals surface area contributed by atoms with Gasteiger partial charge in [-0.15, -0.1) is 0 Å². The van der Waals surface area contributed by atoms with Crippen LogP contribution in [0.1, 0.15) is 5.56 Å². The smallest absolute Gasteiger partial charge is 0.151 e. The van der Waals surface area contributed by atoms with Gasteiger partial charge in [0.05, 0.1) is 11.9 Å². The molecule has 1 aromatic carbocycles. The van der Waals surface area contributed by atoms with Crippen molar-refractivity contribution < 1.29 is 0 Å². The first-order valence-electron chi connectivity index (χ1n) is 4.63. The summed E-state index contributed by atoms with van der Waals surface area (Å²) in [6, 6.07) is 7.48. The molecule has 0 aliphatic rings. The number of nitrogens with one attached hydrogen (secondary N) is 1. The van der Waals surface area contributed by atoms with Crippen LogP contribution in [0.4, 0.5) is 11.5 Å². The lowest BCUT2D eigenvalue weighted by molar-refractivity contribution is 1.15. The quantitative estimate of drug-likeness (QED) is 0.838. The van der Waals surface area contributed by atoms with Crippen molar-refractivity contribution in [2.75, 3.05) is 5.32 Å². The third kappa shape index (κ3) is 2.84. The number of hydrogen-bond acceptors (Lipinski definition) is 4. The summed E-state index contributed by atoms with van der Waals surface area (Å²) >= 11 is 8.03. The summed E-state index contributed by atoms with van der Waals surface area (Å²) in [7, 11) is 0. The number of anilines is 2. The normalized spacial score (nSPS) is 9.71. The molecule has 0 saturated heterocycles. The summed E-state index contributed by atoms with van der Waals surface area (Å²) in [6.45, 7) is 0. The maximum atomic E-state index is 8.92. The Hall–Kier alpha value is -1.39.